The van der Waals surface area contributed by atoms with E-state index in [1.54, 1.807) is 0 Å². The van der Waals surface area contributed by atoms with Crippen LogP contribution in [-0.4, -0.2) is 10.4 Å². The summed E-state index contributed by atoms with van der Waals surface area (Å²) in [5, 5.41) is 9.53. The Labute approximate surface area is 26.9 Å². The van der Waals surface area contributed by atoms with E-state index in [1.807, 2.05) is 0 Å². The number of quaternary nitrogens is 1. The molecule has 0 radical (unpaired) electrons. The first-order chi connectivity index (χ1) is 2.31. The molecule has 2 saturated heterocycles. The van der Waals surface area contributed by atoms with Gasteiger partial charge in [-0.1, -0.05) is 0 Å². The maximum atomic E-state index is 9.71. The second kappa shape index (κ2) is 0.255. The Morgan fingerprint density at radius 1 is 1.60 bits per heavy atom. The summed E-state index contributed by atoms with van der Waals surface area (Å²) in [6.07, 6.45) is 0. The molecule has 28 valence electrons. The van der Waals surface area contributed by atoms with Crippen LogP contribution in [0.5, 0.6) is 0 Å². The van der Waals surface area contributed by atoms with Crippen molar-refractivity contribution in [2.24, 2.45) is 0 Å². The lowest BCUT2D eigenvalue weighted by molar-refractivity contribution is -0.952. The van der Waals surface area contributed by atoms with E-state index in [-0.39, 0.29) is 0 Å². The summed E-state index contributed by atoms with van der Waals surface area (Å²) in [7, 11) is 0. The van der Waals surface area contributed by atoms with Gasteiger partial charge in [0.25, 0.3) is 0 Å². The van der Waals surface area contributed by atoms with Crippen LogP contribution in [0.1, 0.15) is 0 Å². The zero-order chi connectivity index (χ0) is 3.49. The minimum Gasteiger partial charge on any atom is -0.535 e. The van der Waals surface area contributed by atoms with E-state index in [0.29, 0.717) is 0 Å². The van der Waals surface area contributed by atoms with Crippen molar-refractivity contribution in [1.29, 1.82) is 0 Å². The molecule has 0 amide bonds. The van der Waals surface area contributed by atoms with Gasteiger partial charge in [0.2, 0.25) is 0 Å². The normalized spacial score (nSPS) is 70.2. The predicted molar refractivity (Wildman–Crippen MR) is 7.64 cm³/mol. The second-order valence-electron chi connectivity index (χ2n) is 0.870. The third kappa shape index (κ3) is 0.0884. The fourth-order valence-corrected chi connectivity index (χ4v) is 0.150. The highest BCUT2D eigenvalue weighted by molar-refractivity contribution is 4.09. The summed E-state index contributed by atoms with van der Waals surface area (Å²) in [5.41, 5.74) is 0. The molecule has 0 aromatic heterocycles. The molecule has 5 nitrogen and oxygen atoms in total. The minimum absolute atomic E-state index is 0.819. The smallest absolute Gasteiger partial charge is 0.302 e. The fourth-order valence-electron chi connectivity index (χ4n) is 0.150. The highest BCUT2D eigenvalue weighted by Crippen LogP contribution is 2.47. The SMILES string of the molecule is [O-][N+]12ON1O2. The van der Waals surface area contributed by atoms with Crippen LogP contribution in [0.15, 0.2) is 0 Å². The van der Waals surface area contributed by atoms with Crippen LogP contribution in [0.2, 0.25) is 0 Å². The molecule has 0 saturated carbocycles. The van der Waals surface area contributed by atoms with Crippen LogP contribution in [0.3, 0.4) is 0 Å². The highest BCUT2D eigenvalue weighted by Gasteiger charge is 2.82. The van der Waals surface area contributed by atoms with E-state index in [1.165, 1.54) is 0 Å². The second-order valence-corrected chi connectivity index (χ2v) is 0.870. The molecule has 0 aromatic rings. The van der Waals surface area contributed by atoms with Crippen molar-refractivity contribution in [3.8, 4) is 0 Å². The van der Waals surface area contributed by atoms with Gasteiger partial charge >= 0.3 is 5.34 Å². The Morgan fingerprint density at radius 2 is 1.80 bits per heavy atom. The first kappa shape index (κ1) is 2.06. The number of hydrogen-bond acceptors (Lipinski definition) is 4. The Hall–Kier alpha value is -0.200. The molecular weight excluding hydrogens is 76.0 g/mol. The first-order valence-corrected chi connectivity index (χ1v) is 1.11. The molecule has 2 fully saturated rings. The molecule has 0 aromatic carbocycles. The van der Waals surface area contributed by atoms with Gasteiger partial charge in [0, 0.05) is 0 Å². The van der Waals surface area contributed by atoms with Gasteiger partial charge in [0.05, 0.1) is 9.88 Å². The van der Waals surface area contributed by atoms with Gasteiger partial charge in [-0.15, -0.1) is 0 Å². The van der Waals surface area contributed by atoms with E-state index < -0.39 is 5.08 Å². The Morgan fingerprint density at radius 3 is 1.80 bits per heavy atom. The van der Waals surface area contributed by atoms with Gasteiger partial charge in [-0.25, -0.2) is 0 Å². The Balaban J connectivity index is 2.37. The number of fused-ring (bicyclic) bond motifs is 1. The monoisotopic (exact) mass is 76.0 g/mol. The van der Waals surface area contributed by atoms with Crippen LogP contribution in [0.4, 0.5) is 0 Å². The van der Waals surface area contributed by atoms with Crippen LogP contribution in [-0.2, 0) is 9.88 Å². The van der Waals surface area contributed by atoms with E-state index in [4.69, 9.17) is 0 Å². The predicted octanol–water partition coefficient (Wildman–Crippen LogP) is -0.762. The summed E-state index contributed by atoms with van der Waals surface area (Å²) in [6, 6.07) is 0. The quantitative estimate of drug-likeness (QED) is 0.216. The summed E-state index contributed by atoms with van der Waals surface area (Å²) in [4.78, 5) is 7.97. The third-order valence-electron chi connectivity index (χ3n) is 0.497. The van der Waals surface area contributed by atoms with Crippen molar-refractivity contribution < 1.29 is 15.0 Å². The van der Waals surface area contributed by atoms with Crippen LogP contribution < -0.4 is 0 Å². The molecule has 2 aliphatic heterocycles. The van der Waals surface area contributed by atoms with Crippen molar-refractivity contribution in [1.82, 2.24) is 5.34 Å². The lowest BCUT2D eigenvalue weighted by Crippen LogP contribution is -1.93. The van der Waals surface area contributed by atoms with Crippen LogP contribution >= 0.6 is 0 Å². The number of nitrogens with zero attached hydrogens (tertiary/aromatic N) is 2. The zero-order valence-electron chi connectivity index (χ0n) is 2.12. The lowest BCUT2D eigenvalue weighted by atomic mass is 12.8. The van der Waals surface area contributed by atoms with Gasteiger partial charge in [-0.2, -0.15) is 0 Å². The molecule has 0 atom stereocenters. The summed E-state index contributed by atoms with van der Waals surface area (Å²) >= 11 is 0. The van der Waals surface area contributed by atoms with Crippen molar-refractivity contribution in [3.05, 3.63) is 5.21 Å². The Kier molecular flexibility index (Phi) is 0.105. The highest BCUT2D eigenvalue weighted by atomic mass is 17.7. The summed E-state index contributed by atoms with van der Waals surface area (Å²) in [6.45, 7) is 0. The first-order valence-electron chi connectivity index (χ1n) is 1.11. The van der Waals surface area contributed by atoms with Crippen molar-refractivity contribution in [2.45, 2.75) is 0 Å². The van der Waals surface area contributed by atoms with Gasteiger partial charge < -0.3 is 5.21 Å². The van der Waals surface area contributed by atoms with Gasteiger partial charge in [-0.05, 0) is 0 Å². The van der Waals surface area contributed by atoms with Gasteiger partial charge in [-0.3, -0.25) is 0 Å². The van der Waals surface area contributed by atoms with Crippen molar-refractivity contribution in [2.75, 3.05) is 0 Å². The van der Waals surface area contributed by atoms with E-state index in [2.05, 4.69) is 9.88 Å². The molecule has 0 aliphatic carbocycles. The third-order valence-corrected chi connectivity index (χ3v) is 0.497. The standard InChI is InChI=1S/N2O3/c3-2-1(4-2)5-2. The lowest BCUT2D eigenvalue weighted by Gasteiger charge is -1.78. The van der Waals surface area contributed by atoms with Crippen LogP contribution in [0, 0.1) is 5.21 Å². The molecule has 5 heavy (non-hydrogen) atoms. The molecule has 2 heterocycles. The van der Waals surface area contributed by atoms with E-state index >= 15 is 0 Å². The average Bonchev–Trinajstić information content (AvgIpc) is 1.74. The average molecular weight is 76.0 g/mol. The molecule has 2 rings (SSSR count). The maximum Gasteiger partial charge on any atom is 0.302 e. The molecule has 5 heteroatoms. The molecule has 0 spiro atoms. The summed E-state index contributed by atoms with van der Waals surface area (Å²) < 4.78 is 0. The van der Waals surface area contributed by atoms with Crippen molar-refractivity contribution >= 4 is 0 Å². The van der Waals surface area contributed by atoms with Crippen molar-refractivity contribution in [3.63, 3.8) is 0 Å². The molecule has 0 unspecified atom stereocenters. The molecule has 0 N–H and O–H groups in total. The van der Waals surface area contributed by atoms with Gasteiger partial charge in [0.1, 0.15) is 5.08 Å². The molecule has 0 bridgehead atoms. The maximum absolute atomic E-state index is 9.71. The molecule has 2 aliphatic rings. The van der Waals surface area contributed by atoms with E-state index in [0.717, 1.165) is 5.34 Å². The minimum atomic E-state index is -1.00. The van der Waals surface area contributed by atoms with E-state index in [9.17, 15) is 5.21 Å². The summed E-state index contributed by atoms with van der Waals surface area (Å²) in [5.74, 6) is 0. The zero-order valence-corrected chi connectivity index (χ0v) is 2.12. The largest absolute Gasteiger partial charge is 0.535 e. The topological polar surface area (TPSA) is 51.1 Å². The Bertz CT molecular complexity index is 73.0. The van der Waals surface area contributed by atoms with Crippen LogP contribution in [0.25, 0.3) is 0 Å². The number of hydrogen-bond donors (Lipinski definition) is 0. The van der Waals surface area contributed by atoms with Gasteiger partial charge in [0.15, 0.2) is 0 Å². The fraction of sp³-hybridized carbons (Fsp3) is 0. The molecular formula is N2O3. The number of rotatable bonds is 0.